The van der Waals surface area contributed by atoms with E-state index in [9.17, 15) is 9.59 Å². The first-order chi connectivity index (χ1) is 14.0. The van der Waals surface area contributed by atoms with Gasteiger partial charge in [-0.3, -0.25) is 24.4 Å². The number of methoxy groups -OCH3 is 1. The fraction of sp³-hybridized carbons (Fsp3) is 0.167. The SMILES string of the molecule is COc1ccc(-n2c(SCC(=O)Nc3cc(C)[nH]n3)nc3[nH]ncc3c2=O)cc1. The van der Waals surface area contributed by atoms with E-state index in [1.54, 1.807) is 37.4 Å². The highest BCUT2D eigenvalue weighted by Crippen LogP contribution is 2.22. The molecule has 0 unspecified atom stereocenters. The van der Waals surface area contributed by atoms with Crippen molar-refractivity contribution >= 4 is 34.5 Å². The van der Waals surface area contributed by atoms with E-state index in [1.165, 1.54) is 10.8 Å². The number of aromatic amines is 2. The van der Waals surface area contributed by atoms with Gasteiger partial charge in [-0.25, -0.2) is 4.98 Å². The molecule has 3 heterocycles. The first kappa shape index (κ1) is 18.7. The summed E-state index contributed by atoms with van der Waals surface area (Å²) in [5.41, 5.74) is 1.54. The number of aromatic nitrogens is 6. The lowest BCUT2D eigenvalue weighted by Crippen LogP contribution is -2.22. The van der Waals surface area contributed by atoms with Gasteiger partial charge in [-0.05, 0) is 31.2 Å². The van der Waals surface area contributed by atoms with E-state index in [0.29, 0.717) is 33.4 Å². The number of benzene rings is 1. The molecule has 0 saturated carbocycles. The van der Waals surface area contributed by atoms with Crippen molar-refractivity contribution in [3.05, 3.63) is 52.6 Å². The smallest absolute Gasteiger partial charge is 0.269 e. The van der Waals surface area contributed by atoms with Crippen molar-refractivity contribution in [1.29, 1.82) is 0 Å². The van der Waals surface area contributed by atoms with Crippen molar-refractivity contribution in [3.63, 3.8) is 0 Å². The number of hydrogen-bond donors (Lipinski definition) is 3. The van der Waals surface area contributed by atoms with Crippen LogP contribution in [0.5, 0.6) is 5.75 Å². The molecule has 4 rings (SSSR count). The number of thioether (sulfide) groups is 1. The predicted octanol–water partition coefficient (Wildman–Crippen LogP) is 1.88. The largest absolute Gasteiger partial charge is 0.497 e. The molecule has 0 saturated heterocycles. The number of aryl methyl sites for hydroxylation is 1. The molecule has 0 aliphatic heterocycles. The highest BCUT2D eigenvalue weighted by molar-refractivity contribution is 7.99. The summed E-state index contributed by atoms with van der Waals surface area (Å²) in [7, 11) is 1.57. The van der Waals surface area contributed by atoms with Gasteiger partial charge in [-0.15, -0.1) is 0 Å². The van der Waals surface area contributed by atoms with Gasteiger partial charge in [0.1, 0.15) is 11.1 Å². The standard InChI is InChI=1S/C18H17N7O3S/c1-10-7-14(23-22-10)20-15(26)9-29-18-21-16-13(8-19-24-16)17(27)25(18)11-3-5-12(28-2)6-4-11/h3-8H,9H2,1-2H3,(H,19,24)(H2,20,22,23,26). The minimum atomic E-state index is -0.278. The normalized spacial score (nSPS) is 11.0. The van der Waals surface area contributed by atoms with E-state index < -0.39 is 0 Å². The third kappa shape index (κ3) is 3.85. The van der Waals surface area contributed by atoms with E-state index in [4.69, 9.17) is 4.74 Å². The Morgan fingerprint density at radius 3 is 2.76 bits per heavy atom. The summed E-state index contributed by atoms with van der Waals surface area (Å²) in [5.74, 6) is 0.898. The molecule has 0 radical (unpaired) electrons. The Kier molecular flexibility index (Phi) is 5.04. The van der Waals surface area contributed by atoms with Crippen LogP contribution in [0.1, 0.15) is 5.69 Å². The van der Waals surface area contributed by atoms with Crippen LogP contribution in [0.3, 0.4) is 0 Å². The lowest BCUT2D eigenvalue weighted by Gasteiger charge is -2.12. The third-order valence-electron chi connectivity index (χ3n) is 4.09. The minimum absolute atomic E-state index is 0.0497. The molecule has 11 heteroatoms. The van der Waals surface area contributed by atoms with Crippen LogP contribution >= 0.6 is 11.8 Å². The second kappa shape index (κ2) is 7.80. The van der Waals surface area contributed by atoms with Crippen LogP contribution in [-0.4, -0.2) is 48.7 Å². The molecular formula is C18H17N7O3S. The lowest BCUT2D eigenvalue weighted by atomic mass is 10.3. The molecule has 1 amide bonds. The van der Waals surface area contributed by atoms with Crippen molar-refractivity contribution in [1.82, 2.24) is 29.9 Å². The monoisotopic (exact) mass is 411 g/mol. The Labute approximate surface area is 168 Å². The Bertz CT molecular complexity index is 1230. The summed E-state index contributed by atoms with van der Waals surface area (Å²) >= 11 is 1.14. The molecule has 0 aliphatic carbocycles. The summed E-state index contributed by atoms with van der Waals surface area (Å²) in [6.45, 7) is 1.84. The van der Waals surface area contributed by atoms with Gasteiger partial charge in [0.25, 0.3) is 5.56 Å². The molecule has 0 spiro atoms. The van der Waals surface area contributed by atoms with E-state index in [0.717, 1.165) is 17.5 Å². The van der Waals surface area contributed by atoms with Gasteiger partial charge in [0.2, 0.25) is 5.91 Å². The molecule has 0 aliphatic rings. The molecule has 0 fully saturated rings. The average Bonchev–Trinajstić information content (AvgIpc) is 3.35. The molecule has 10 nitrogen and oxygen atoms in total. The first-order valence-electron chi connectivity index (χ1n) is 8.60. The Morgan fingerprint density at radius 1 is 1.28 bits per heavy atom. The summed E-state index contributed by atoms with van der Waals surface area (Å²) in [5, 5.41) is 16.8. The van der Waals surface area contributed by atoms with Crippen LogP contribution in [0.2, 0.25) is 0 Å². The van der Waals surface area contributed by atoms with E-state index in [-0.39, 0.29) is 17.2 Å². The number of H-pyrrole nitrogens is 2. The van der Waals surface area contributed by atoms with Crippen LogP contribution in [0, 0.1) is 6.92 Å². The number of fused-ring (bicyclic) bond motifs is 1. The Balaban J connectivity index is 1.65. The number of carbonyl (C=O) groups excluding carboxylic acids is 1. The highest BCUT2D eigenvalue weighted by Gasteiger charge is 2.16. The lowest BCUT2D eigenvalue weighted by molar-refractivity contribution is -0.113. The second-order valence-corrected chi connectivity index (χ2v) is 7.08. The quantitative estimate of drug-likeness (QED) is 0.326. The molecule has 0 atom stereocenters. The Morgan fingerprint density at radius 2 is 2.07 bits per heavy atom. The van der Waals surface area contributed by atoms with E-state index in [1.807, 2.05) is 6.92 Å². The molecule has 3 aromatic heterocycles. The van der Waals surface area contributed by atoms with Crippen molar-refractivity contribution in [2.45, 2.75) is 12.1 Å². The zero-order valence-electron chi connectivity index (χ0n) is 15.6. The molecule has 148 valence electrons. The molecule has 0 bridgehead atoms. The van der Waals surface area contributed by atoms with Crippen LogP contribution in [0.15, 0.2) is 46.5 Å². The first-order valence-corrected chi connectivity index (χ1v) is 9.59. The number of ether oxygens (including phenoxy) is 1. The predicted molar refractivity (Wildman–Crippen MR) is 109 cm³/mol. The van der Waals surface area contributed by atoms with Crippen LogP contribution < -0.4 is 15.6 Å². The fourth-order valence-electron chi connectivity index (χ4n) is 2.72. The molecular weight excluding hydrogens is 394 g/mol. The number of nitrogens with one attached hydrogen (secondary N) is 3. The molecule has 1 aromatic carbocycles. The van der Waals surface area contributed by atoms with E-state index in [2.05, 4.69) is 30.7 Å². The summed E-state index contributed by atoms with van der Waals surface area (Å²) < 4.78 is 6.63. The zero-order chi connectivity index (χ0) is 20.4. The van der Waals surface area contributed by atoms with Crippen molar-refractivity contribution in [2.75, 3.05) is 18.2 Å². The third-order valence-corrected chi connectivity index (χ3v) is 5.03. The highest BCUT2D eigenvalue weighted by atomic mass is 32.2. The van der Waals surface area contributed by atoms with Crippen LogP contribution in [0.25, 0.3) is 16.7 Å². The van der Waals surface area contributed by atoms with Gasteiger partial charge < -0.3 is 10.1 Å². The fourth-order valence-corrected chi connectivity index (χ4v) is 3.53. The van der Waals surface area contributed by atoms with Crippen LogP contribution in [0.4, 0.5) is 5.82 Å². The van der Waals surface area contributed by atoms with Gasteiger partial charge in [-0.1, -0.05) is 11.8 Å². The Hall–Kier alpha value is -3.60. The number of rotatable bonds is 6. The van der Waals surface area contributed by atoms with Crippen LogP contribution in [-0.2, 0) is 4.79 Å². The second-order valence-electron chi connectivity index (χ2n) is 6.14. The summed E-state index contributed by atoms with van der Waals surface area (Å²) in [6, 6.07) is 8.74. The van der Waals surface area contributed by atoms with Gasteiger partial charge in [-0.2, -0.15) is 10.2 Å². The van der Waals surface area contributed by atoms with E-state index >= 15 is 0 Å². The average molecular weight is 411 g/mol. The topological polar surface area (TPSA) is 131 Å². The summed E-state index contributed by atoms with van der Waals surface area (Å²) in [4.78, 5) is 29.8. The number of amides is 1. The number of nitrogens with zero attached hydrogens (tertiary/aromatic N) is 4. The molecule has 3 N–H and O–H groups in total. The van der Waals surface area contributed by atoms with Crippen molar-refractivity contribution < 1.29 is 9.53 Å². The number of hydrogen-bond acceptors (Lipinski definition) is 7. The molecule has 4 aromatic rings. The number of carbonyl (C=O) groups is 1. The van der Waals surface area contributed by atoms with Crippen molar-refractivity contribution in [2.24, 2.45) is 0 Å². The maximum absolute atomic E-state index is 13.0. The number of anilines is 1. The van der Waals surface area contributed by atoms with Gasteiger partial charge >= 0.3 is 0 Å². The maximum atomic E-state index is 13.0. The maximum Gasteiger partial charge on any atom is 0.269 e. The minimum Gasteiger partial charge on any atom is -0.497 e. The van der Waals surface area contributed by atoms with Gasteiger partial charge in [0, 0.05) is 11.8 Å². The van der Waals surface area contributed by atoms with Crippen molar-refractivity contribution in [3.8, 4) is 11.4 Å². The van der Waals surface area contributed by atoms with Gasteiger partial charge in [0.15, 0.2) is 16.6 Å². The van der Waals surface area contributed by atoms with Gasteiger partial charge in [0.05, 0.1) is 24.7 Å². The molecule has 29 heavy (non-hydrogen) atoms. The summed E-state index contributed by atoms with van der Waals surface area (Å²) in [6.07, 6.45) is 1.44. The zero-order valence-corrected chi connectivity index (χ0v) is 16.4.